The summed E-state index contributed by atoms with van der Waals surface area (Å²) in [5.74, 6) is 0. The SMILES string of the molecule is COCCC(C)n1cn[nH]c1=S. The van der Waals surface area contributed by atoms with Gasteiger partial charge in [0, 0.05) is 19.8 Å². The molecule has 0 amide bonds. The van der Waals surface area contributed by atoms with Gasteiger partial charge in [-0.15, -0.1) is 0 Å². The molecule has 0 aliphatic rings. The Bertz CT molecular complexity index is 280. The highest BCUT2D eigenvalue weighted by molar-refractivity contribution is 7.71. The van der Waals surface area contributed by atoms with E-state index in [2.05, 4.69) is 17.1 Å². The van der Waals surface area contributed by atoms with E-state index in [1.165, 1.54) is 0 Å². The molecule has 0 radical (unpaired) electrons. The molecule has 1 unspecified atom stereocenters. The average molecular weight is 187 g/mol. The third-order valence-corrected chi connectivity index (χ3v) is 2.09. The molecule has 1 aromatic heterocycles. The standard InChI is InChI=1S/C7H13N3OS/c1-6(3-4-11-2)10-5-8-9-7(10)12/h5-6H,3-4H2,1-2H3,(H,9,12). The molecule has 4 nitrogen and oxygen atoms in total. The largest absolute Gasteiger partial charge is 0.385 e. The van der Waals surface area contributed by atoms with Crippen LogP contribution in [0.15, 0.2) is 6.33 Å². The lowest BCUT2D eigenvalue weighted by Crippen LogP contribution is -2.06. The van der Waals surface area contributed by atoms with Crippen LogP contribution in [0.4, 0.5) is 0 Å². The molecule has 0 aliphatic heterocycles. The lowest BCUT2D eigenvalue weighted by molar-refractivity contribution is 0.180. The molecule has 0 spiro atoms. The van der Waals surface area contributed by atoms with Crippen LogP contribution in [-0.4, -0.2) is 28.5 Å². The Hall–Kier alpha value is -0.680. The minimum atomic E-state index is 0.344. The van der Waals surface area contributed by atoms with Crippen molar-refractivity contribution in [2.45, 2.75) is 19.4 Å². The number of rotatable bonds is 4. The molecule has 0 aliphatic carbocycles. The van der Waals surface area contributed by atoms with Crippen molar-refractivity contribution in [1.29, 1.82) is 0 Å². The molecule has 1 atom stereocenters. The third-order valence-electron chi connectivity index (χ3n) is 1.79. The van der Waals surface area contributed by atoms with Crippen molar-refractivity contribution >= 4 is 12.2 Å². The molecule has 0 saturated heterocycles. The maximum atomic E-state index is 5.02. The lowest BCUT2D eigenvalue weighted by atomic mass is 10.2. The van der Waals surface area contributed by atoms with Crippen molar-refractivity contribution in [2.24, 2.45) is 0 Å². The van der Waals surface area contributed by atoms with Gasteiger partial charge < -0.3 is 9.30 Å². The molecule has 1 rings (SSSR count). The predicted octanol–water partition coefficient (Wildman–Crippen LogP) is 1.54. The normalized spacial score (nSPS) is 13.2. The Labute approximate surface area is 76.6 Å². The first-order valence-corrected chi connectivity index (χ1v) is 4.27. The molecule has 1 aromatic rings. The Morgan fingerprint density at radius 1 is 1.83 bits per heavy atom. The summed E-state index contributed by atoms with van der Waals surface area (Å²) in [5.41, 5.74) is 0. The van der Waals surface area contributed by atoms with Crippen molar-refractivity contribution in [1.82, 2.24) is 14.8 Å². The molecular formula is C7H13N3OS. The van der Waals surface area contributed by atoms with Gasteiger partial charge in [0.2, 0.25) is 0 Å². The zero-order valence-electron chi connectivity index (χ0n) is 7.28. The second-order valence-electron chi connectivity index (χ2n) is 2.70. The number of hydrogen-bond donors (Lipinski definition) is 1. The molecule has 0 fully saturated rings. The van der Waals surface area contributed by atoms with Gasteiger partial charge in [-0.05, 0) is 25.6 Å². The van der Waals surface area contributed by atoms with Crippen LogP contribution in [0, 0.1) is 4.77 Å². The van der Waals surface area contributed by atoms with Crippen LogP contribution in [0.5, 0.6) is 0 Å². The molecule has 12 heavy (non-hydrogen) atoms. The fourth-order valence-corrected chi connectivity index (χ4v) is 1.28. The van der Waals surface area contributed by atoms with Crippen LogP contribution in [0.2, 0.25) is 0 Å². The molecular weight excluding hydrogens is 174 g/mol. The quantitative estimate of drug-likeness (QED) is 0.727. The minimum Gasteiger partial charge on any atom is -0.385 e. The van der Waals surface area contributed by atoms with Crippen LogP contribution >= 0.6 is 12.2 Å². The molecule has 0 saturated carbocycles. The molecule has 0 bridgehead atoms. The van der Waals surface area contributed by atoms with Crippen molar-refractivity contribution in [2.75, 3.05) is 13.7 Å². The van der Waals surface area contributed by atoms with E-state index in [1.54, 1.807) is 13.4 Å². The fraction of sp³-hybridized carbons (Fsp3) is 0.714. The van der Waals surface area contributed by atoms with Gasteiger partial charge in [0.15, 0.2) is 4.77 Å². The Morgan fingerprint density at radius 2 is 2.58 bits per heavy atom. The van der Waals surface area contributed by atoms with Gasteiger partial charge in [-0.25, -0.2) is 0 Å². The van der Waals surface area contributed by atoms with Gasteiger partial charge >= 0.3 is 0 Å². The summed E-state index contributed by atoms with van der Waals surface area (Å²) < 4.78 is 7.56. The molecule has 5 heteroatoms. The van der Waals surface area contributed by atoms with Crippen molar-refractivity contribution in [3.05, 3.63) is 11.1 Å². The highest BCUT2D eigenvalue weighted by Crippen LogP contribution is 2.09. The van der Waals surface area contributed by atoms with Gasteiger partial charge in [0.05, 0.1) is 0 Å². The van der Waals surface area contributed by atoms with E-state index >= 15 is 0 Å². The fourth-order valence-electron chi connectivity index (χ4n) is 0.998. The summed E-state index contributed by atoms with van der Waals surface area (Å²) in [6.45, 7) is 2.83. The summed E-state index contributed by atoms with van der Waals surface area (Å²) in [5, 5.41) is 6.56. The van der Waals surface area contributed by atoms with E-state index < -0.39 is 0 Å². The first-order chi connectivity index (χ1) is 5.75. The van der Waals surface area contributed by atoms with E-state index in [0.717, 1.165) is 13.0 Å². The number of ether oxygens (including phenoxy) is 1. The zero-order valence-corrected chi connectivity index (χ0v) is 8.10. The third kappa shape index (κ3) is 2.15. The zero-order chi connectivity index (χ0) is 8.97. The van der Waals surface area contributed by atoms with E-state index in [9.17, 15) is 0 Å². The monoisotopic (exact) mass is 187 g/mol. The first kappa shape index (κ1) is 9.41. The Kier molecular flexibility index (Phi) is 3.43. The first-order valence-electron chi connectivity index (χ1n) is 3.86. The summed E-state index contributed by atoms with van der Waals surface area (Å²) in [7, 11) is 1.70. The second kappa shape index (κ2) is 4.37. The van der Waals surface area contributed by atoms with Gasteiger partial charge in [-0.2, -0.15) is 5.10 Å². The molecule has 68 valence electrons. The Balaban J connectivity index is 2.59. The second-order valence-corrected chi connectivity index (χ2v) is 3.09. The lowest BCUT2D eigenvalue weighted by Gasteiger charge is -2.10. The van der Waals surface area contributed by atoms with Crippen LogP contribution in [-0.2, 0) is 4.74 Å². The van der Waals surface area contributed by atoms with Crippen molar-refractivity contribution in [3.8, 4) is 0 Å². The van der Waals surface area contributed by atoms with E-state index in [-0.39, 0.29) is 0 Å². The molecule has 1 N–H and O–H groups in total. The number of nitrogens with zero attached hydrogens (tertiary/aromatic N) is 2. The topological polar surface area (TPSA) is 42.8 Å². The summed E-state index contributed by atoms with van der Waals surface area (Å²) in [6, 6.07) is 0.344. The van der Waals surface area contributed by atoms with E-state index in [1.807, 2.05) is 4.57 Å². The molecule has 1 heterocycles. The average Bonchev–Trinajstić information content (AvgIpc) is 2.47. The smallest absolute Gasteiger partial charge is 0.195 e. The van der Waals surface area contributed by atoms with E-state index in [0.29, 0.717) is 10.8 Å². The van der Waals surface area contributed by atoms with Crippen LogP contribution in [0.3, 0.4) is 0 Å². The van der Waals surface area contributed by atoms with Crippen molar-refractivity contribution < 1.29 is 4.74 Å². The number of aromatic nitrogens is 3. The van der Waals surface area contributed by atoms with E-state index in [4.69, 9.17) is 17.0 Å². The maximum absolute atomic E-state index is 5.02. The Morgan fingerprint density at radius 3 is 3.08 bits per heavy atom. The van der Waals surface area contributed by atoms with Gasteiger partial charge in [-0.1, -0.05) is 0 Å². The summed E-state index contributed by atoms with van der Waals surface area (Å²) >= 11 is 5.02. The van der Waals surface area contributed by atoms with Gasteiger partial charge in [0.1, 0.15) is 6.33 Å². The number of aromatic amines is 1. The van der Waals surface area contributed by atoms with Crippen LogP contribution < -0.4 is 0 Å². The predicted molar refractivity (Wildman–Crippen MR) is 48.6 cm³/mol. The summed E-state index contributed by atoms with van der Waals surface area (Å²) in [4.78, 5) is 0. The van der Waals surface area contributed by atoms with Crippen LogP contribution in [0.25, 0.3) is 0 Å². The van der Waals surface area contributed by atoms with Gasteiger partial charge in [-0.3, -0.25) is 5.10 Å². The number of H-pyrrole nitrogens is 1. The number of hydrogen-bond acceptors (Lipinski definition) is 3. The molecule has 0 aromatic carbocycles. The number of methoxy groups -OCH3 is 1. The number of nitrogens with one attached hydrogen (secondary N) is 1. The van der Waals surface area contributed by atoms with Crippen molar-refractivity contribution in [3.63, 3.8) is 0 Å². The minimum absolute atomic E-state index is 0.344. The highest BCUT2D eigenvalue weighted by Gasteiger charge is 2.04. The van der Waals surface area contributed by atoms with Gasteiger partial charge in [0.25, 0.3) is 0 Å². The van der Waals surface area contributed by atoms with Crippen LogP contribution in [0.1, 0.15) is 19.4 Å². The highest BCUT2D eigenvalue weighted by atomic mass is 32.1. The summed E-state index contributed by atoms with van der Waals surface area (Å²) in [6.07, 6.45) is 2.66. The maximum Gasteiger partial charge on any atom is 0.195 e.